The molecular weight excluding hydrogens is 310 g/mol. The van der Waals surface area contributed by atoms with Crippen LogP contribution in [0.2, 0.25) is 0 Å². The molecule has 0 aromatic heterocycles. The first-order chi connectivity index (χ1) is 8.66. The van der Waals surface area contributed by atoms with Gasteiger partial charge >= 0.3 is 0 Å². The van der Waals surface area contributed by atoms with Crippen LogP contribution in [0.3, 0.4) is 0 Å². The number of carbonyl (C=O) groups is 1. The third kappa shape index (κ3) is 3.75. The van der Waals surface area contributed by atoms with E-state index in [-0.39, 0.29) is 5.91 Å². The van der Waals surface area contributed by atoms with Crippen LogP contribution in [0.4, 0.5) is 0 Å². The van der Waals surface area contributed by atoms with Crippen LogP contribution in [0.5, 0.6) is 0 Å². The number of aryl methyl sites for hydroxylation is 1. The zero-order valence-electron chi connectivity index (χ0n) is 10.6. The smallest absolute Gasteiger partial charge is 0.232 e. The molecule has 1 aromatic carbocycles. The summed E-state index contributed by atoms with van der Waals surface area (Å²) in [5.74, 6) is 0.838. The number of benzene rings is 1. The quantitative estimate of drug-likeness (QED) is 0.785. The van der Waals surface area contributed by atoms with Crippen LogP contribution in [-0.2, 0) is 4.79 Å². The van der Waals surface area contributed by atoms with Crippen LogP contribution in [0.1, 0.15) is 24.8 Å². The molecule has 0 bridgehead atoms. The third-order valence-electron chi connectivity index (χ3n) is 3.20. The first-order valence-corrected chi connectivity index (χ1v) is 8.11. The predicted octanol–water partition coefficient (Wildman–Crippen LogP) is 3.86. The summed E-state index contributed by atoms with van der Waals surface area (Å²) in [6.45, 7) is 3.97. The first kappa shape index (κ1) is 13.9. The largest absolute Gasteiger partial charge is 0.342 e. The molecule has 1 saturated heterocycles. The van der Waals surface area contributed by atoms with Crippen LogP contribution < -0.4 is 0 Å². The Hall–Kier alpha value is -0.480. The van der Waals surface area contributed by atoms with Gasteiger partial charge < -0.3 is 4.90 Å². The lowest BCUT2D eigenvalue weighted by molar-refractivity contribution is -0.129. The van der Waals surface area contributed by atoms with E-state index < -0.39 is 0 Å². The van der Waals surface area contributed by atoms with Crippen LogP contribution in [0, 0.1) is 6.92 Å². The van der Waals surface area contributed by atoms with Gasteiger partial charge in [0.05, 0.1) is 5.75 Å². The molecule has 0 spiro atoms. The van der Waals surface area contributed by atoms with E-state index in [0.29, 0.717) is 5.75 Å². The molecule has 0 saturated carbocycles. The van der Waals surface area contributed by atoms with E-state index in [1.54, 1.807) is 11.8 Å². The molecule has 0 atom stereocenters. The number of hydrogen-bond acceptors (Lipinski definition) is 2. The fourth-order valence-electron chi connectivity index (χ4n) is 2.15. The van der Waals surface area contributed by atoms with Gasteiger partial charge in [0.25, 0.3) is 0 Å². The molecule has 2 nitrogen and oxygen atoms in total. The van der Waals surface area contributed by atoms with Crippen molar-refractivity contribution in [3.8, 4) is 0 Å². The molecule has 1 aromatic rings. The number of nitrogens with zero attached hydrogens (tertiary/aromatic N) is 1. The van der Waals surface area contributed by atoms with Gasteiger partial charge in [-0.05, 0) is 49.9 Å². The molecule has 1 aliphatic heterocycles. The maximum atomic E-state index is 12.0. The summed E-state index contributed by atoms with van der Waals surface area (Å²) < 4.78 is 1.09. The summed E-state index contributed by atoms with van der Waals surface area (Å²) in [5, 5.41) is 0. The summed E-state index contributed by atoms with van der Waals surface area (Å²) in [6.07, 6.45) is 3.59. The Morgan fingerprint density at radius 1 is 1.33 bits per heavy atom. The number of piperidine rings is 1. The van der Waals surface area contributed by atoms with E-state index in [4.69, 9.17) is 0 Å². The Morgan fingerprint density at radius 2 is 2.06 bits per heavy atom. The number of hydrogen-bond donors (Lipinski definition) is 0. The molecular formula is C14H18BrNOS. The lowest BCUT2D eigenvalue weighted by Crippen LogP contribution is -2.36. The SMILES string of the molecule is Cc1cc(Br)ccc1SCC(=O)N1CCCCC1. The van der Waals surface area contributed by atoms with Crippen LogP contribution in [-0.4, -0.2) is 29.6 Å². The van der Waals surface area contributed by atoms with Crippen molar-refractivity contribution < 1.29 is 4.79 Å². The van der Waals surface area contributed by atoms with Crippen molar-refractivity contribution in [3.05, 3.63) is 28.2 Å². The van der Waals surface area contributed by atoms with Gasteiger partial charge in [0.1, 0.15) is 0 Å². The van der Waals surface area contributed by atoms with E-state index in [0.717, 1.165) is 30.4 Å². The summed E-state index contributed by atoms with van der Waals surface area (Å²) in [5.41, 5.74) is 1.22. The molecule has 2 rings (SSSR count). The number of halogens is 1. The number of rotatable bonds is 3. The molecule has 1 aliphatic rings. The van der Waals surface area contributed by atoms with Crippen LogP contribution in [0.15, 0.2) is 27.6 Å². The molecule has 0 unspecified atom stereocenters. The number of carbonyl (C=O) groups excluding carboxylic acids is 1. The van der Waals surface area contributed by atoms with Gasteiger partial charge in [-0.1, -0.05) is 15.9 Å². The third-order valence-corrected chi connectivity index (χ3v) is 4.85. The zero-order chi connectivity index (χ0) is 13.0. The summed E-state index contributed by atoms with van der Waals surface area (Å²) in [4.78, 5) is 15.2. The minimum atomic E-state index is 0.280. The standard InChI is InChI=1S/C14H18BrNOS/c1-11-9-12(15)5-6-13(11)18-10-14(17)16-7-3-2-4-8-16/h5-6,9H,2-4,7-8,10H2,1H3. The second kappa shape index (κ2) is 6.62. The van der Waals surface area contributed by atoms with E-state index in [1.165, 1.54) is 16.9 Å². The fourth-order valence-corrected chi connectivity index (χ4v) is 3.54. The fraction of sp³-hybridized carbons (Fsp3) is 0.500. The Morgan fingerprint density at radius 3 is 2.72 bits per heavy atom. The lowest BCUT2D eigenvalue weighted by atomic mass is 10.1. The van der Waals surface area contributed by atoms with Gasteiger partial charge in [-0.25, -0.2) is 0 Å². The molecule has 98 valence electrons. The average molecular weight is 328 g/mol. The highest BCUT2D eigenvalue weighted by atomic mass is 79.9. The first-order valence-electron chi connectivity index (χ1n) is 6.33. The van der Waals surface area contributed by atoms with Crippen molar-refractivity contribution >= 4 is 33.6 Å². The average Bonchev–Trinajstić information content (AvgIpc) is 2.38. The van der Waals surface area contributed by atoms with Crippen molar-refractivity contribution in [3.63, 3.8) is 0 Å². The minimum absolute atomic E-state index is 0.280. The van der Waals surface area contributed by atoms with Crippen molar-refractivity contribution in [2.45, 2.75) is 31.1 Å². The van der Waals surface area contributed by atoms with Crippen LogP contribution in [0.25, 0.3) is 0 Å². The Bertz CT molecular complexity index is 430. The van der Waals surface area contributed by atoms with Gasteiger partial charge in [-0.15, -0.1) is 11.8 Å². The molecule has 1 fully saturated rings. The molecule has 0 aliphatic carbocycles. The highest BCUT2D eigenvalue weighted by molar-refractivity contribution is 9.10. The summed E-state index contributed by atoms with van der Waals surface area (Å²) >= 11 is 5.10. The molecule has 0 radical (unpaired) electrons. The summed E-state index contributed by atoms with van der Waals surface area (Å²) in [7, 11) is 0. The maximum absolute atomic E-state index is 12.0. The second-order valence-corrected chi connectivity index (χ2v) is 6.57. The van der Waals surface area contributed by atoms with Crippen molar-refractivity contribution in [1.29, 1.82) is 0 Å². The predicted molar refractivity (Wildman–Crippen MR) is 80.0 cm³/mol. The molecule has 0 N–H and O–H groups in total. The van der Waals surface area contributed by atoms with E-state index in [2.05, 4.69) is 35.0 Å². The highest BCUT2D eigenvalue weighted by Gasteiger charge is 2.16. The van der Waals surface area contributed by atoms with Gasteiger partial charge in [0, 0.05) is 22.5 Å². The van der Waals surface area contributed by atoms with Gasteiger partial charge in [0.15, 0.2) is 0 Å². The zero-order valence-corrected chi connectivity index (χ0v) is 13.0. The number of likely N-dealkylation sites (tertiary alicyclic amines) is 1. The molecule has 4 heteroatoms. The lowest BCUT2D eigenvalue weighted by Gasteiger charge is -2.26. The van der Waals surface area contributed by atoms with Crippen molar-refractivity contribution in [2.24, 2.45) is 0 Å². The number of thioether (sulfide) groups is 1. The van der Waals surface area contributed by atoms with E-state index in [1.807, 2.05) is 11.0 Å². The Kier molecular flexibility index (Phi) is 5.13. The molecule has 18 heavy (non-hydrogen) atoms. The molecule has 1 heterocycles. The highest BCUT2D eigenvalue weighted by Crippen LogP contribution is 2.25. The molecule has 1 amide bonds. The number of amides is 1. The monoisotopic (exact) mass is 327 g/mol. The minimum Gasteiger partial charge on any atom is -0.342 e. The van der Waals surface area contributed by atoms with Gasteiger partial charge in [-0.3, -0.25) is 4.79 Å². The van der Waals surface area contributed by atoms with E-state index in [9.17, 15) is 4.79 Å². The second-order valence-electron chi connectivity index (χ2n) is 4.64. The van der Waals surface area contributed by atoms with Crippen molar-refractivity contribution in [2.75, 3.05) is 18.8 Å². The van der Waals surface area contributed by atoms with Crippen LogP contribution >= 0.6 is 27.7 Å². The maximum Gasteiger partial charge on any atom is 0.232 e. The summed E-state index contributed by atoms with van der Waals surface area (Å²) in [6, 6.07) is 6.20. The topological polar surface area (TPSA) is 20.3 Å². The van der Waals surface area contributed by atoms with Gasteiger partial charge in [-0.2, -0.15) is 0 Å². The Balaban J connectivity index is 1.88. The van der Waals surface area contributed by atoms with Crippen molar-refractivity contribution in [1.82, 2.24) is 4.90 Å². The Labute approximate surface area is 121 Å². The normalized spacial score (nSPS) is 15.8. The van der Waals surface area contributed by atoms with E-state index >= 15 is 0 Å². The van der Waals surface area contributed by atoms with Gasteiger partial charge in [0.2, 0.25) is 5.91 Å².